The minimum Gasteiger partial charge on any atom is -0.389 e. The average molecular weight is 326 g/mol. The van der Waals surface area contributed by atoms with Gasteiger partial charge in [-0.3, -0.25) is 9.59 Å². The summed E-state index contributed by atoms with van der Waals surface area (Å²) in [6.45, 7) is 2.09. The van der Waals surface area contributed by atoms with Gasteiger partial charge in [-0.05, 0) is 31.5 Å². The van der Waals surface area contributed by atoms with Crippen LogP contribution in [0.4, 0.5) is 5.69 Å². The van der Waals surface area contributed by atoms with Gasteiger partial charge in [0.25, 0.3) is 5.91 Å². The lowest BCUT2D eigenvalue weighted by Gasteiger charge is -2.13. The van der Waals surface area contributed by atoms with Crippen LogP contribution < -0.4 is 10.6 Å². The summed E-state index contributed by atoms with van der Waals surface area (Å²) < 4.78 is 0. The van der Waals surface area contributed by atoms with Crippen molar-refractivity contribution in [3.05, 3.63) is 65.7 Å². The van der Waals surface area contributed by atoms with Gasteiger partial charge in [0.15, 0.2) is 0 Å². The molecule has 2 rings (SSSR count). The summed E-state index contributed by atoms with van der Waals surface area (Å²) in [5.74, 6) is -0.285. The second-order valence-corrected chi connectivity index (χ2v) is 5.54. The Morgan fingerprint density at radius 3 is 2.42 bits per heavy atom. The highest BCUT2D eigenvalue weighted by atomic mass is 16.3. The number of carbonyl (C=O) groups is 2. The Morgan fingerprint density at radius 2 is 1.71 bits per heavy atom. The van der Waals surface area contributed by atoms with E-state index in [2.05, 4.69) is 10.6 Å². The summed E-state index contributed by atoms with van der Waals surface area (Å²) >= 11 is 0. The maximum absolute atomic E-state index is 12.0. The van der Waals surface area contributed by atoms with Crippen LogP contribution in [-0.4, -0.2) is 23.5 Å². The van der Waals surface area contributed by atoms with Crippen LogP contribution in [0.15, 0.2) is 54.6 Å². The highest BCUT2D eigenvalue weighted by Crippen LogP contribution is 2.22. The van der Waals surface area contributed by atoms with E-state index in [9.17, 15) is 14.7 Å². The maximum Gasteiger partial charge on any atom is 0.251 e. The molecule has 2 aromatic rings. The first-order valence-corrected chi connectivity index (χ1v) is 7.98. The average Bonchev–Trinajstić information content (AvgIpc) is 2.59. The van der Waals surface area contributed by atoms with Gasteiger partial charge in [-0.1, -0.05) is 36.4 Å². The zero-order chi connectivity index (χ0) is 17.4. The molecule has 1 atom stereocenters. The molecular formula is C19H22N2O3. The van der Waals surface area contributed by atoms with Crippen molar-refractivity contribution in [3.8, 4) is 0 Å². The normalized spacial score (nSPS) is 11.6. The molecule has 2 aromatic carbocycles. The molecule has 0 saturated carbocycles. The number of para-hydroxylation sites is 1. The molecule has 5 nitrogen and oxygen atoms in total. The number of aliphatic hydroxyl groups is 1. The zero-order valence-electron chi connectivity index (χ0n) is 13.7. The SMILES string of the molecule is CC(O)c1ccccc1NC(=O)CCCNC(=O)c1ccccc1. The van der Waals surface area contributed by atoms with Crippen molar-refractivity contribution >= 4 is 17.5 Å². The highest BCUT2D eigenvalue weighted by Gasteiger charge is 2.10. The van der Waals surface area contributed by atoms with Crippen molar-refractivity contribution in [2.24, 2.45) is 0 Å². The van der Waals surface area contributed by atoms with Gasteiger partial charge in [0.05, 0.1) is 6.10 Å². The molecule has 0 saturated heterocycles. The summed E-state index contributed by atoms with van der Waals surface area (Å²) in [6, 6.07) is 16.1. The van der Waals surface area contributed by atoms with E-state index in [1.165, 1.54) is 0 Å². The molecule has 0 aromatic heterocycles. The molecule has 0 aliphatic heterocycles. The Bertz CT molecular complexity index is 684. The molecule has 0 fully saturated rings. The first-order chi connectivity index (χ1) is 11.6. The van der Waals surface area contributed by atoms with Crippen LogP contribution in [-0.2, 0) is 4.79 Å². The lowest BCUT2D eigenvalue weighted by Crippen LogP contribution is -2.25. The summed E-state index contributed by atoms with van der Waals surface area (Å²) in [7, 11) is 0. The fourth-order valence-corrected chi connectivity index (χ4v) is 2.33. The fourth-order valence-electron chi connectivity index (χ4n) is 2.33. The third kappa shape index (κ3) is 5.21. The maximum atomic E-state index is 12.0. The molecule has 0 aliphatic rings. The van der Waals surface area contributed by atoms with Gasteiger partial charge >= 0.3 is 0 Å². The Labute approximate surface area is 141 Å². The van der Waals surface area contributed by atoms with E-state index in [4.69, 9.17) is 0 Å². The van der Waals surface area contributed by atoms with Crippen molar-refractivity contribution < 1.29 is 14.7 Å². The number of hydrogen-bond acceptors (Lipinski definition) is 3. The van der Waals surface area contributed by atoms with Crippen LogP contribution in [0.25, 0.3) is 0 Å². The van der Waals surface area contributed by atoms with E-state index in [0.29, 0.717) is 36.2 Å². The molecule has 126 valence electrons. The predicted molar refractivity (Wildman–Crippen MR) is 93.7 cm³/mol. The second kappa shape index (κ2) is 8.84. The largest absolute Gasteiger partial charge is 0.389 e. The van der Waals surface area contributed by atoms with Crippen molar-refractivity contribution in [3.63, 3.8) is 0 Å². The molecule has 0 bridgehead atoms. The molecule has 0 heterocycles. The lowest BCUT2D eigenvalue weighted by atomic mass is 10.1. The van der Waals surface area contributed by atoms with Crippen molar-refractivity contribution in [1.29, 1.82) is 0 Å². The van der Waals surface area contributed by atoms with Crippen LogP contribution in [0.3, 0.4) is 0 Å². The van der Waals surface area contributed by atoms with Crippen LogP contribution in [0.2, 0.25) is 0 Å². The molecule has 0 aliphatic carbocycles. The molecule has 3 N–H and O–H groups in total. The zero-order valence-corrected chi connectivity index (χ0v) is 13.7. The topological polar surface area (TPSA) is 78.4 Å². The van der Waals surface area contributed by atoms with E-state index in [0.717, 1.165) is 0 Å². The number of aliphatic hydroxyl groups excluding tert-OH is 1. The van der Waals surface area contributed by atoms with E-state index < -0.39 is 6.10 Å². The molecule has 5 heteroatoms. The Hall–Kier alpha value is -2.66. The summed E-state index contributed by atoms with van der Waals surface area (Å²) in [5.41, 5.74) is 1.90. The summed E-state index contributed by atoms with van der Waals surface area (Å²) in [6.07, 6.45) is 0.191. The quantitative estimate of drug-likeness (QED) is 0.685. The number of rotatable bonds is 7. The van der Waals surface area contributed by atoms with Crippen LogP contribution >= 0.6 is 0 Å². The third-order valence-electron chi connectivity index (χ3n) is 3.59. The monoisotopic (exact) mass is 326 g/mol. The van der Waals surface area contributed by atoms with Crippen LogP contribution in [0, 0.1) is 0 Å². The molecular weight excluding hydrogens is 304 g/mol. The first kappa shape index (κ1) is 17.7. The number of benzene rings is 2. The van der Waals surface area contributed by atoms with Gasteiger partial charge < -0.3 is 15.7 Å². The lowest BCUT2D eigenvalue weighted by molar-refractivity contribution is -0.116. The molecule has 0 radical (unpaired) electrons. The van der Waals surface area contributed by atoms with Gasteiger partial charge in [-0.15, -0.1) is 0 Å². The predicted octanol–water partition coefficient (Wildman–Crippen LogP) is 2.89. The van der Waals surface area contributed by atoms with Gasteiger partial charge in [-0.2, -0.15) is 0 Å². The second-order valence-electron chi connectivity index (χ2n) is 5.54. The minimum atomic E-state index is -0.647. The number of hydrogen-bond donors (Lipinski definition) is 3. The number of carbonyl (C=O) groups excluding carboxylic acids is 2. The molecule has 2 amide bonds. The van der Waals surface area contributed by atoms with Gasteiger partial charge in [0.1, 0.15) is 0 Å². The minimum absolute atomic E-state index is 0.142. The third-order valence-corrected chi connectivity index (χ3v) is 3.59. The van der Waals surface area contributed by atoms with Gasteiger partial charge in [0, 0.05) is 29.8 Å². The van der Waals surface area contributed by atoms with E-state index in [-0.39, 0.29) is 11.8 Å². The van der Waals surface area contributed by atoms with E-state index >= 15 is 0 Å². The van der Waals surface area contributed by atoms with E-state index in [1.807, 2.05) is 30.3 Å². The van der Waals surface area contributed by atoms with E-state index in [1.54, 1.807) is 31.2 Å². The van der Waals surface area contributed by atoms with Crippen molar-refractivity contribution in [2.75, 3.05) is 11.9 Å². The number of anilines is 1. The van der Waals surface area contributed by atoms with Crippen molar-refractivity contribution in [1.82, 2.24) is 5.32 Å². The van der Waals surface area contributed by atoms with Gasteiger partial charge in [0.2, 0.25) is 5.91 Å². The van der Waals surface area contributed by atoms with Crippen LogP contribution in [0.1, 0.15) is 41.8 Å². The molecule has 24 heavy (non-hydrogen) atoms. The Balaban J connectivity index is 1.75. The Morgan fingerprint density at radius 1 is 1.04 bits per heavy atom. The summed E-state index contributed by atoms with van der Waals surface area (Å²) in [5, 5.41) is 15.3. The summed E-state index contributed by atoms with van der Waals surface area (Å²) in [4.78, 5) is 23.9. The van der Waals surface area contributed by atoms with Crippen molar-refractivity contribution in [2.45, 2.75) is 25.9 Å². The smallest absolute Gasteiger partial charge is 0.251 e. The number of amides is 2. The number of nitrogens with one attached hydrogen (secondary N) is 2. The first-order valence-electron chi connectivity index (χ1n) is 7.98. The molecule has 1 unspecified atom stereocenters. The van der Waals surface area contributed by atoms with Crippen LogP contribution in [0.5, 0.6) is 0 Å². The Kier molecular flexibility index (Phi) is 6.51. The highest BCUT2D eigenvalue weighted by molar-refractivity contribution is 5.94. The fraction of sp³-hybridized carbons (Fsp3) is 0.263. The van der Waals surface area contributed by atoms with Gasteiger partial charge in [-0.25, -0.2) is 0 Å². The standard InChI is InChI=1S/C19H22N2O3/c1-14(22)16-10-5-6-11-17(16)21-18(23)12-7-13-20-19(24)15-8-3-2-4-9-15/h2-6,8-11,14,22H,7,12-13H2,1H3,(H,20,24)(H,21,23). The molecule has 0 spiro atoms.